The lowest BCUT2D eigenvalue weighted by molar-refractivity contribution is -0.114. The Bertz CT molecular complexity index is 850. The second kappa shape index (κ2) is 39.3. The van der Waals surface area contributed by atoms with Crippen molar-refractivity contribution in [2.45, 2.75) is 46.0 Å². The van der Waals surface area contributed by atoms with Crippen LogP contribution in [0.25, 0.3) is 0 Å². The molecule has 0 aromatic heterocycles. The van der Waals surface area contributed by atoms with E-state index >= 15 is 0 Å². The molecule has 1 amide bonds. The fraction of sp³-hybridized carbons (Fsp3) is 0.811. The van der Waals surface area contributed by atoms with E-state index in [0.717, 1.165) is 24.5 Å². The summed E-state index contributed by atoms with van der Waals surface area (Å²) in [6, 6.07) is 7.18. The molecule has 0 aliphatic rings. The van der Waals surface area contributed by atoms with Crippen LogP contribution in [0.5, 0.6) is 5.75 Å². The van der Waals surface area contributed by atoms with Gasteiger partial charge in [-0.05, 0) is 30.7 Å². The summed E-state index contributed by atoms with van der Waals surface area (Å²) < 4.78 is 66.1. The van der Waals surface area contributed by atoms with E-state index in [2.05, 4.69) is 12.2 Å². The standard InChI is InChI=1S/C37H67NO13/c1-3-4-5-6-7-12-40-13-14-41-15-16-42-17-18-43-19-20-44-21-22-45-23-24-46-25-26-47-27-28-48-29-30-49-31-32-50-33-34-51-37-10-8-36(9-11-37)38-35(2)39/h8-11H,3-7,12-34H2,1-2H3,(H,38,39). The van der Waals surface area contributed by atoms with Crippen molar-refractivity contribution in [3.63, 3.8) is 0 Å². The molecule has 51 heavy (non-hydrogen) atoms. The number of rotatable bonds is 41. The molecule has 1 aromatic rings. The largest absolute Gasteiger partial charge is 0.491 e. The SMILES string of the molecule is CCCCCCCOCCOCCOCCOCCOCCOCCOCCOCCOCCOCCOCCOc1ccc(NC(C)=O)cc1. The van der Waals surface area contributed by atoms with Gasteiger partial charge in [-0.2, -0.15) is 0 Å². The molecule has 0 saturated heterocycles. The van der Waals surface area contributed by atoms with Crippen molar-refractivity contribution in [1.82, 2.24) is 0 Å². The van der Waals surface area contributed by atoms with Gasteiger partial charge in [-0.3, -0.25) is 4.79 Å². The Morgan fingerprint density at radius 2 is 0.706 bits per heavy atom. The Labute approximate surface area is 306 Å². The maximum Gasteiger partial charge on any atom is 0.221 e. The van der Waals surface area contributed by atoms with Crippen molar-refractivity contribution >= 4 is 11.6 Å². The molecule has 0 heterocycles. The van der Waals surface area contributed by atoms with Crippen LogP contribution in [0.3, 0.4) is 0 Å². The van der Waals surface area contributed by atoms with E-state index in [1.807, 2.05) is 0 Å². The van der Waals surface area contributed by atoms with Gasteiger partial charge in [-0.15, -0.1) is 0 Å². The van der Waals surface area contributed by atoms with Crippen molar-refractivity contribution in [2.75, 3.05) is 157 Å². The molecular formula is C37H67NO13. The van der Waals surface area contributed by atoms with Gasteiger partial charge in [0.1, 0.15) is 12.4 Å². The lowest BCUT2D eigenvalue weighted by atomic mass is 10.2. The first kappa shape index (κ1) is 47.1. The van der Waals surface area contributed by atoms with E-state index in [1.165, 1.54) is 32.6 Å². The Morgan fingerprint density at radius 1 is 0.412 bits per heavy atom. The number of anilines is 1. The number of nitrogens with one attached hydrogen (secondary N) is 1. The summed E-state index contributed by atoms with van der Waals surface area (Å²) in [6.07, 6.45) is 6.26. The van der Waals surface area contributed by atoms with Gasteiger partial charge in [0.25, 0.3) is 0 Å². The maximum atomic E-state index is 11.0. The highest BCUT2D eigenvalue weighted by atomic mass is 16.6. The Balaban J connectivity index is 1.64. The minimum absolute atomic E-state index is 0.107. The van der Waals surface area contributed by atoms with Crippen molar-refractivity contribution in [3.05, 3.63) is 24.3 Å². The topological polar surface area (TPSA) is 140 Å². The summed E-state index contributed by atoms with van der Waals surface area (Å²) in [7, 11) is 0. The van der Waals surface area contributed by atoms with Gasteiger partial charge in [-0.1, -0.05) is 32.6 Å². The maximum absolute atomic E-state index is 11.0. The van der Waals surface area contributed by atoms with Crippen LogP contribution in [0.1, 0.15) is 46.0 Å². The molecule has 0 saturated carbocycles. The normalized spacial score (nSPS) is 11.3. The van der Waals surface area contributed by atoms with Crippen molar-refractivity contribution in [1.29, 1.82) is 0 Å². The van der Waals surface area contributed by atoms with Gasteiger partial charge >= 0.3 is 0 Å². The van der Waals surface area contributed by atoms with Crippen molar-refractivity contribution in [2.24, 2.45) is 0 Å². The molecule has 14 nitrogen and oxygen atoms in total. The Hall–Kier alpha value is -1.95. The molecule has 0 spiro atoms. The van der Waals surface area contributed by atoms with Gasteiger partial charge < -0.3 is 62.2 Å². The first-order chi connectivity index (χ1) is 25.2. The van der Waals surface area contributed by atoms with E-state index in [4.69, 9.17) is 56.8 Å². The number of benzene rings is 1. The summed E-state index contributed by atoms with van der Waals surface area (Å²) in [5, 5.41) is 2.71. The minimum Gasteiger partial charge on any atom is -0.491 e. The second-order valence-electron chi connectivity index (χ2n) is 11.2. The van der Waals surface area contributed by atoms with E-state index in [0.29, 0.717) is 145 Å². The molecule has 0 aliphatic carbocycles. The number of hydrogen-bond donors (Lipinski definition) is 1. The average molecular weight is 734 g/mol. The summed E-state index contributed by atoms with van der Waals surface area (Å²) in [5.41, 5.74) is 0.732. The predicted molar refractivity (Wildman–Crippen MR) is 194 cm³/mol. The smallest absolute Gasteiger partial charge is 0.221 e. The predicted octanol–water partition coefficient (Wildman–Crippen LogP) is 4.18. The lowest BCUT2D eigenvalue weighted by Crippen LogP contribution is -2.15. The van der Waals surface area contributed by atoms with Gasteiger partial charge in [0.2, 0.25) is 5.91 Å². The molecule has 0 unspecified atom stereocenters. The summed E-state index contributed by atoms with van der Waals surface area (Å²) in [4.78, 5) is 11.0. The number of amides is 1. The zero-order valence-corrected chi connectivity index (χ0v) is 31.4. The van der Waals surface area contributed by atoms with E-state index in [9.17, 15) is 4.79 Å². The molecule has 0 atom stereocenters. The quantitative estimate of drug-likeness (QED) is 0.0964. The zero-order valence-electron chi connectivity index (χ0n) is 31.4. The molecule has 298 valence electrons. The fourth-order valence-electron chi connectivity index (χ4n) is 4.17. The summed E-state index contributed by atoms with van der Waals surface area (Å²) in [6.45, 7) is 15.8. The van der Waals surface area contributed by atoms with Crippen molar-refractivity contribution in [3.8, 4) is 5.75 Å². The van der Waals surface area contributed by atoms with Crippen LogP contribution in [0, 0.1) is 0 Å². The van der Waals surface area contributed by atoms with Gasteiger partial charge in [-0.25, -0.2) is 0 Å². The Morgan fingerprint density at radius 3 is 1.02 bits per heavy atom. The van der Waals surface area contributed by atoms with Crippen LogP contribution in [0.4, 0.5) is 5.69 Å². The molecule has 1 N–H and O–H groups in total. The average Bonchev–Trinajstić information content (AvgIpc) is 3.13. The third kappa shape index (κ3) is 36.2. The van der Waals surface area contributed by atoms with Gasteiger partial charge in [0, 0.05) is 19.2 Å². The lowest BCUT2D eigenvalue weighted by Gasteiger charge is -2.09. The molecule has 0 radical (unpaired) electrons. The van der Waals surface area contributed by atoms with Gasteiger partial charge in [0.15, 0.2) is 0 Å². The van der Waals surface area contributed by atoms with Crippen LogP contribution in [0.15, 0.2) is 24.3 Å². The first-order valence-electron chi connectivity index (χ1n) is 18.6. The highest BCUT2D eigenvalue weighted by Gasteiger charge is 1.99. The van der Waals surface area contributed by atoms with E-state index in [-0.39, 0.29) is 5.91 Å². The number of carbonyl (C=O) groups excluding carboxylic acids is 1. The van der Waals surface area contributed by atoms with Crippen LogP contribution in [-0.4, -0.2) is 158 Å². The summed E-state index contributed by atoms with van der Waals surface area (Å²) >= 11 is 0. The third-order valence-corrected chi connectivity index (χ3v) is 6.78. The molecule has 1 rings (SSSR count). The van der Waals surface area contributed by atoms with Crippen molar-refractivity contribution < 1.29 is 61.6 Å². The minimum atomic E-state index is -0.107. The second-order valence-corrected chi connectivity index (χ2v) is 11.2. The highest BCUT2D eigenvalue weighted by Crippen LogP contribution is 2.15. The number of ether oxygens (including phenoxy) is 12. The molecular weight excluding hydrogens is 666 g/mol. The van der Waals surface area contributed by atoms with Crippen LogP contribution < -0.4 is 10.1 Å². The third-order valence-electron chi connectivity index (χ3n) is 6.78. The van der Waals surface area contributed by atoms with Crippen LogP contribution >= 0.6 is 0 Å². The number of unbranched alkanes of at least 4 members (excludes halogenated alkanes) is 4. The van der Waals surface area contributed by atoms with Crippen LogP contribution in [0.2, 0.25) is 0 Å². The molecule has 14 heteroatoms. The molecule has 0 fully saturated rings. The molecule has 0 aliphatic heterocycles. The van der Waals surface area contributed by atoms with E-state index < -0.39 is 0 Å². The fourth-order valence-corrected chi connectivity index (χ4v) is 4.17. The molecule has 1 aromatic carbocycles. The molecule has 0 bridgehead atoms. The number of carbonyl (C=O) groups is 1. The van der Waals surface area contributed by atoms with Gasteiger partial charge in [0.05, 0.1) is 139 Å². The highest BCUT2D eigenvalue weighted by molar-refractivity contribution is 5.88. The number of hydrogen-bond acceptors (Lipinski definition) is 13. The zero-order chi connectivity index (χ0) is 36.6. The first-order valence-corrected chi connectivity index (χ1v) is 18.6. The summed E-state index contributed by atoms with van der Waals surface area (Å²) in [5.74, 6) is 0.610. The van der Waals surface area contributed by atoms with Crippen LogP contribution in [-0.2, 0) is 56.9 Å². The Kier molecular flexibility index (Phi) is 36.2. The monoisotopic (exact) mass is 733 g/mol. The van der Waals surface area contributed by atoms with E-state index in [1.54, 1.807) is 24.3 Å².